The van der Waals surface area contributed by atoms with Gasteiger partial charge < -0.3 is 9.52 Å². The van der Waals surface area contributed by atoms with Gasteiger partial charge in [-0.1, -0.05) is 0 Å². The lowest BCUT2D eigenvalue weighted by atomic mass is 10.3. The number of alkyl halides is 4. The molecular formula is C7H4F4N2O3. The van der Waals surface area contributed by atoms with Crippen molar-refractivity contribution in [3.05, 3.63) is 17.9 Å². The molecule has 5 nitrogen and oxygen atoms in total. The van der Waals surface area contributed by atoms with Gasteiger partial charge in [0.2, 0.25) is 5.89 Å². The van der Waals surface area contributed by atoms with Gasteiger partial charge in [-0.3, -0.25) is 0 Å². The normalized spacial score (nSPS) is 12.6. The van der Waals surface area contributed by atoms with E-state index in [0.29, 0.717) is 12.2 Å². The molecule has 1 heterocycles. The van der Waals surface area contributed by atoms with E-state index in [1.165, 1.54) is 0 Å². The Labute approximate surface area is 85.4 Å². The first-order chi connectivity index (χ1) is 7.34. The first-order valence-electron chi connectivity index (χ1n) is 3.75. The Morgan fingerprint density at radius 3 is 2.56 bits per heavy atom. The Balaban J connectivity index is 2.91. The SMILES string of the molecule is O=C(O)/C=C/c1nnc(C(F)(F)C(F)F)o1. The van der Waals surface area contributed by atoms with Crippen LogP contribution >= 0.6 is 0 Å². The quantitative estimate of drug-likeness (QED) is 0.637. The van der Waals surface area contributed by atoms with E-state index >= 15 is 0 Å². The number of halogens is 4. The number of hydrogen-bond donors (Lipinski definition) is 1. The largest absolute Gasteiger partial charge is 0.478 e. The maximum Gasteiger partial charge on any atom is 0.382 e. The zero-order valence-electron chi connectivity index (χ0n) is 7.40. The van der Waals surface area contributed by atoms with Crippen molar-refractivity contribution in [2.75, 3.05) is 0 Å². The smallest absolute Gasteiger partial charge is 0.382 e. The zero-order valence-corrected chi connectivity index (χ0v) is 7.40. The van der Waals surface area contributed by atoms with Gasteiger partial charge in [0.15, 0.2) is 0 Å². The number of carbonyl (C=O) groups is 1. The van der Waals surface area contributed by atoms with Crippen LogP contribution in [0.4, 0.5) is 17.6 Å². The van der Waals surface area contributed by atoms with Crippen molar-refractivity contribution in [3.63, 3.8) is 0 Å². The van der Waals surface area contributed by atoms with Crippen LogP contribution in [0.3, 0.4) is 0 Å². The molecule has 0 aliphatic heterocycles. The molecule has 1 aromatic rings. The van der Waals surface area contributed by atoms with Gasteiger partial charge in [-0.2, -0.15) is 8.78 Å². The maximum atomic E-state index is 12.6. The first-order valence-corrected chi connectivity index (χ1v) is 3.75. The number of hydrogen-bond acceptors (Lipinski definition) is 4. The van der Waals surface area contributed by atoms with E-state index in [-0.39, 0.29) is 0 Å². The van der Waals surface area contributed by atoms with Crippen LogP contribution in [0.15, 0.2) is 10.5 Å². The van der Waals surface area contributed by atoms with Crippen LogP contribution in [-0.2, 0) is 10.7 Å². The Morgan fingerprint density at radius 2 is 2.06 bits per heavy atom. The summed E-state index contributed by atoms with van der Waals surface area (Å²) >= 11 is 0. The standard InChI is InChI=1S/C7H4F4N2O3/c8-5(9)7(10,11)6-13-12-3(16-6)1-2-4(14)15/h1-2,5H,(H,14,15)/b2-1+. The fraction of sp³-hybridized carbons (Fsp3) is 0.286. The number of carboxylic acids is 1. The average molecular weight is 240 g/mol. The minimum absolute atomic E-state index is 0.539. The van der Waals surface area contributed by atoms with Crippen LogP contribution in [0.1, 0.15) is 11.8 Å². The number of carboxylic acid groups (broad SMARTS) is 1. The van der Waals surface area contributed by atoms with Crippen molar-refractivity contribution >= 4 is 12.0 Å². The van der Waals surface area contributed by atoms with E-state index in [4.69, 9.17) is 5.11 Å². The van der Waals surface area contributed by atoms with Gasteiger partial charge >= 0.3 is 18.3 Å². The van der Waals surface area contributed by atoms with Crippen molar-refractivity contribution in [2.45, 2.75) is 12.3 Å². The summed E-state index contributed by atoms with van der Waals surface area (Å²) in [4.78, 5) is 10.0. The molecule has 0 aliphatic carbocycles. The average Bonchev–Trinajstić information content (AvgIpc) is 2.63. The molecule has 88 valence electrons. The molecule has 0 saturated carbocycles. The third kappa shape index (κ3) is 2.55. The van der Waals surface area contributed by atoms with E-state index in [1.807, 2.05) is 0 Å². The van der Waals surface area contributed by atoms with Gasteiger partial charge in [-0.15, -0.1) is 10.2 Å². The molecule has 16 heavy (non-hydrogen) atoms. The molecule has 0 saturated heterocycles. The lowest BCUT2D eigenvalue weighted by molar-refractivity contribution is -0.150. The Kier molecular flexibility index (Phi) is 3.25. The summed E-state index contributed by atoms with van der Waals surface area (Å²) in [5.74, 6) is -8.09. The highest BCUT2D eigenvalue weighted by Crippen LogP contribution is 2.33. The van der Waals surface area contributed by atoms with Crippen molar-refractivity contribution in [3.8, 4) is 0 Å². The van der Waals surface area contributed by atoms with Crippen molar-refractivity contribution in [2.24, 2.45) is 0 Å². The monoisotopic (exact) mass is 240 g/mol. The summed E-state index contributed by atoms with van der Waals surface area (Å²) in [6, 6.07) is 0. The minimum atomic E-state index is -4.55. The van der Waals surface area contributed by atoms with Gasteiger partial charge in [0.25, 0.3) is 5.89 Å². The first kappa shape index (κ1) is 12.1. The predicted octanol–water partition coefficient (Wildman–Crippen LogP) is 1.52. The minimum Gasteiger partial charge on any atom is -0.478 e. The van der Waals surface area contributed by atoms with Gasteiger partial charge in [0.1, 0.15) is 0 Å². The Hall–Kier alpha value is -1.93. The zero-order chi connectivity index (χ0) is 12.3. The van der Waals surface area contributed by atoms with Crippen LogP contribution in [0, 0.1) is 0 Å². The van der Waals surface area contributed by atoms with Gasteiger partial charge in [-0.05, 0) is 0 Å². The molecule has 0 atom stereocenters. The summed E-state index contributed by atoms with van der Waals surface area (Å²) in [6.45, 7) is 0. The highest BCUT2D eigenvalue weighted by atomic mass is 19.3. The van der Waals surface area contributed by atoms with Crippen molar-refractivity contribution in [1.29, 1.82) is 0 Å². The van der Waals surface area contributed by atoms with Gasteiger partial charge in [0, 0.05) is 12.2 Å². The summed E-state index contributed by atoms with van der Waals surface area (Å²) in [5.41, 5.74) is 0. The van der Waals surface area contributed by atoms with Crippen LogP contribution in [0.25, 0.3) is 6.08 Å². The third-order valence-electron chi connectivity index (χ3n) is 1.37. The lowest BCUT2D eigenvalue weighted by Crippen LogP contribution is -2.23. The van der Waals surface area contributed by atoms with Crippen molar-refractivity contribution in [1.82, 2.24) is 10.2 Å². The van der Waals surface area contributed by atoms with Gasteiger partial charge in [-0.25, -0.2) is 13.6 Å². The highest BCUT2D eigenvalue weighted by Gasteiger charge is 2.48. The molecule has 0 aliphatic rings. The highest BCUT2D eigenvalue weighted by molar-refractivity contribution is 5.84. The molecule has 0 bridgehead atoms. The number of nitrogens with zero attached hydrogens (tertiary/aromatic N) is 2. The third-order valence-corrected chi connectivity index (χ3v) is 1.37. The molecule has 0 spiro atoms. The van der Waals surface area contributed by atoms with E-state index in [2.05, 4.69) is 14.6 Å². The number of aliphatic carboxylic acids is 1. The molecule has 1 rings (SSSR count). The summed E-state index contributed by atoms with van der Waals surface area (Å²) in [6.07, 6.45) is -2.73. The second-order valence-electron chi connectivity index (χ2n) is 2.54. The van der Waals surface area contributed by atoms with Crippen LogP contribution < -0.4 is 0 Å². The Bertz CT molecular complexity index is 416. The molecule has 0 fully saturated rings. The van der Waals surface area contributed by atoms with Crippen molar-refractivity contribution < 1.29 is 31.9 Å². The number of aromatic nitrogens is 2. The summed E-state index contributed by atoms with van der Waals surface area (Å²) in [5, 5.41) is 13.8. The number of rotatable bonds is 4. The second kappa shape index (κ2) is 4.29. The summed E-state index contributed by atoms with van der Waals surface area (Å²) < 4.78 is 53.0. The predicted molar refractivity (Wildman–Crippen MR) is 40.9 cm³/mol. The molecule has 0 radical (unpaired) electrons. The van der Waals surface area contributed by atoms with E-state index in [0.717, 1.165) is 0 Å². The summed E-state index contributed by atoms with van der Waals surface area (Å²) in [7, 11) is 0. The molecule has 0 unspecified atom stereocenters. The fourth-order valence-electron chi connectivity index (χ4n) is 0.673. The molecule has 1 aromatic heterocycles. The van der Waals surface area contributed by atoms with Crippen LogP contribution in [0.2, 0.25) is 0 Å². The Morgan fingerprint density at radius 1 is 1.44 bits per heavy atom. The second-order valence-corrected chi connectivity index (χ2v) is 2.54. The molecule has 1 N–H and O–H groups in total. The molecule has 9 heteroatoms. The lowest BCUT2D eigenvalue weighted by Gasteiger charge is -2.08. The maximum absolute atomic E-state index is 12.6. The fourth-order valence-corrected chi connectivity index (χ4v) is 0.673. The van der Waals surface area contributed by atoms with E-state index in [9.17, 15) is 22.4 Å². The van der Waals surface area contributed by atoms with Crippen LogP contribution in [-0.4, -0.2) is 27.7 Å². The van der Waals surface area contributed by atoms with E-state index < -0.39 is 30.1 Å². The molecule has 0 amide bonds. The van der Waals surface area contributed by atoms with Gasteiger partial charge in [0.05, 0.1) is 0 Å². The molecular weight excluding hydrogens is 236 g/mol. The van der Waals surface area contributed by atoms with E-state index in [1.54, 1.807) is 0 Å². The topological polar surface area (TPSA) is 76.2 Å². The van der Waals surface area contributed by atoms with Crippen LogP contribution in [0.5, 0.6) is 0 Å². The molecule has 0 aromatic carbocycles.